The number of carboxylic acid groups (broad SMARTS) is 1. The van der Waals surface area contributed by atoms with E-state index in [2.05, 4.69) is 0 Å². The summed E-state index contributed by atoms with van der Waals surface area (Å²) >= 11 is 0. The third-order valence-electron chi connectivity index (χ3n) is 2.13. The third kappa shape index (κ3) is 2.11. The van der Waals surface area contributed by atoms with Crippen LogP contribution in [-0.4, -0.2) is 19.1 Å². The molecule has 1 N–H and O–H groups in total. The Balaban J connectivity index is 3.65. The Labute approximate surface area is 91.7 Å². The molecule has 0 aliphatic heterocycles. The van der Waals surface area contributed by atoms with E-state index in [4.69, 9.17) is 5.11 Å². The second kappa shape index (κ2) is 3.93. The van der Waals surface area contributed by atoms with Gasteiger partial charge in [0.25, 0.3) is 0 Å². The van der Waals surface area contributed by atoms with Crippen LogP contribution >= 0.6 is 0 Å². The Morgan fingerprint density at radius 2 is 1.69 bits per heavy atom. The fourth-order valence-corrected chi connectivity index (χ4v) is 3.05. The van der Waals surface area contributed by atoms with Crippen LogP contribution in [0.4, 0.5) is 13.2 Å². The number of hydrogen-bond donors (Lipinski definition) is 1. The maximum Gasteiger partial charge on any atom is 0.341 e. The standard InChI is InChI=1S/C10H11F3O2Si/c1-16(2,3)9-6(12)4-5(11)7(8(9)13)10(14)15/h4H,1-3H3,(H,14,15). The molecule has 0 fully saturated rings. The van der Waals surface area contributed by atoms with E-state index < -0.39 is 37.1 Å². The molecular formula is C10H11F3O2Si. The maximum atomic E-state index is 13.7. The van der Waals surface area contributed by atoms with Crippen molar-refractivity contribution < 1.29 is 23.1 Å². The number of hydrogen-bond acceptors (Lipinski definition) is 1. The van der Waals surface area contributed by atoms with Gasteiger partial charge in [-0.05, 0) is 0 Å². The average Bonchev–Trinajstić information content (AvgIpc) is 1.97. The Kier molecular flexibility index (Phi) is 3.14. The summed E-state index contributed by atoms with van der Waals surface area (Å²) < 4.78 is 40.2. The van der Waals surface area contributed by atoms with Gasteiger partial charge in [-0.2, -0.15) is 0 Å². The van der Waals surface area contributed by atoms with Gasteiger partial charge in [-0.15, -0.1) is 0 Å². The minimum absolute atomic E-state index is 0.286. The Bertz CT molecular complexity index is 452. The van der Waals surface area contributed by atoms with Gasteiger partial charge in [0.2, 0.25) is 0 Å². The smallest absolute Gasteiger partial charge is 0.341 e. The number of benzene rings is 1. The highest BCUT2D eigenvalue weighted by molar-refractivity contribution is 6.88. The van der Waals surface area contributed by atoms with Crippen molar-refractivity contribution in [2.45, 2.75) is 19.6 Å². The van der Waals surface area contributed by atoms with Gasteiger partial charge in [-0.25, -0.2) is 18.0 Å². The summed E-state index contributed by atoms with van der Waals surface area (Å²) in [6, 6.07) is 0.431. The van der Waals surface area contributed by atoms with Gasteiger partial charge in [0, 0.05) is 11.3 Å². The van der Waals surface area contributed by atoms with Gasteiger partial charge < -0.3 is 5.11 Å². The zero-order chi connectivity index (χ0) is 12.7. The molecule has 0 amide bonds. The summed E-state index contributed by atoms with van der Waals surface area (Å²) in [5, 5.41) is 8.35. The number of carboxylic acids is 1. The molecule has 0 aliphatic rings. The monoisotopic (exact) mass is 248 g/mol. The van der Waals surface area contributed by atoms with E-state index in [0.717, 1.165) is 0 Å². The van der Waals surface area contributed by atoms with E-state index in [9.17, 15) is 18.0 Å². The molecule has 0 aliphatic carbocycles. The van der Waals surface area contributed by atoms with Crippen molar-refractivity contribution in [1.82, 2.24) is 0 Å². The maximum absolute atomic E-state index is 13.7. The molecule has 88 valence electrons. The predicted molar refractivity (Wildman–Crippen MR) is 56.3 cm³/mol. The van der Waals surface area contributed by atoms with Crippen molar-refractivity contribution in [1.29, 1.82) is 0 Å². The third-order valence-corrected chi connectivity index (χ3v) is 4.09. The quantitative estimate of drug-likeness (QED) is 0.816. The van der Waals surface area contributed by atoms with Crippen LogP contribution in [0.3, 0.4) is 0 Å². The molecule has 1 aromatic carbocycles. The van der Waals surface area contributed by atoms with Crippen molar-refractivity contribution >= 4 is 19.2 Å². The van der Waals surface area contributed by atoms with Crippen LogP contribution in [0.15, 0.2) is 6.07 Å². The van der Waals surface area contributed by atoms with Gasteiger partial charge in [0.15, 0.2) is 0 Å². The lowest BCUT2D eigenvalue weighted by molar-refractivity contribution is 0.0686. The lowest BCUT2D eigenvalue weighted by atomic mass is 10.2. The normalized spacial score (nSPS) is 11.6. The van der Waals surface area contributed by atoms with Gasteiger partial charge in [0.1, 0.15) is 23.0 Å². The molecule has 16 heavy (non-hydrogen) atoms. The van der Waals surface area contributed by atoms with Gasteiger partial charge in [-0.3, -0.25) is 0 Å². The summed E-state index contributed by atoms with van der Waals surface area (Å²) in [6.45, 7) is 4.95. The molecule has 0 radical (unpaired) electrons. The van der Waals surface area contributed by atoms with Crippen molar-refractivity contribution in [2.24, 2.45) is 0 Å². The van der Waals surface area contributed by atoms with Crippen molar-refractivity contribution in [3.8, 4) is 0 Å². The van der Waals surface area contributed by atoms with E-state index in [1.807, 2.05) is 0 Å². The molecule has 0 bridgehead atoms. The summed E-state index contributed by atoms with van der Waals surface area (Å²) in [6.07, 6.45) is 0. The highest BCUT2D eigenvalue weighted by atomic mass is 28.3. The summed E-state index contributed by atoms with van der Waals surface area (Å²) in [5.41, 5.74) is -1.08. The van der Waals surface area contributed by atoms with Gasteiger partial charge in [0.05, 0.1) is 8.07 Å². The molecule has 2 nitrogen and oxygen atoms in total. The van der Waals surface area contributed by atoms with Crippen molar-refractivity contribution in [2.75, 3.05) is 0 Å². The summed E-state index contributed by atoms with van der Waals surface area (Å²) in [7, 11) is -2.40. The number of carbonyl (C=O) groups is 1. The van der Waals surface area contributed by atoms with Crippen LogP contribution in [0.5, 0.6) is 0 Å². The number of rotatable bonds is 2. The molecule has 0 atom stereocenters. The largest absolute Gasteiger partial charge is 0.477 e. The highest BCUT2D eigenvalue weighted by Crippen LogP contribution is 2.17. The van der Waals surface area contributed by atoms with Crippen LogP contribution in [0.2, 0.25) is 19.6 Å². The van der Waals surface area contributed by atoms with Crippen LogP contribution in [0.1, 0.15) is 10.4 Å². The first-order valence-corrected chi connectivity index (χ1v) is 8.07. The van der Waals surface area contributed by atoms with Crippen LogP contribution in [-0.2, 0) is 0 Å². The molecule has 0 spiro atoms. The zero-order valence-corrected chi connectivity index (χ0v) is 10.1. The Hall–Kier alpha value is -1.30. The van der Waals surface area contributed by atoms with Crippen molar-refractivity contribution in [3.05, 3.63) is 29.1 Å². The average molecular weight is 248 g/mol. The lowest BCUT2D eigenvalue weighted by Gasteiger charge is -2.19. The first kappa shape index (κ1) is 12.8. The molecule has 6 heteroatoms. The van der Waals surface area contributed by atoms with Gasteiger partial charge >= 0.3 is 5.97 Å². The van der Waals surface area contributed by atoms with E-state index in [1.54, 1.807) is 19.6 Å². The summed E-state index contributed by atoms with van der Waals surface area (Å²) in [4.78, 5) is 10.6. The molecular weight excluding hydrogens is 237 g/mol. The minimum Gasteiger partial charge on any atom is -0.477 e. The highest BCUT2D eigenvalue weighted by Gasteiger charge is 2.31. The molecule has 0 heterocycles. The second-order valence-electron chi connectivity index (χ2n) is 4.46. The SMILES string of the molecule is C[Si](C)(C)c1c(F)cc(F)c(C(=O)O)c1F. The molecule has 1 rings (SSSR count). The molecule has 0 unspecified atom stereocenters. The number of halogens is 3. The van der Waals surface area contributed by atoms with E-state index >= 15 is 0 Å². The fraction of sp³-hybridized carbons (Fsp3) is 0.300. The number of aromatic carboxylic acids is 1. The van der Waals surface area contributed by atoms with E-state index in [1.165, 1.54) is 0 Å². The van der Waals surface area contributed by atoms with Crippen LogP contribution in [0, 0.1) is 17.5 Å². The molecule has 0 aromatic heterocycles. The van der Waals surface area contributed by atoms with E-state index in [0.29, 0.717) is 6.07 Å². The Morgan fingerprint density at radius 3 is 2.06 bits per heavy atom. The minimum atomic E-state index is -2.40. The van der Waals surface area contributed by atoms with Crippen molar-refractivity contribution in [3.63, 3.8) is 0 Å². The first-order valence-electron chi connectivity index (χ1n) is 4.57. The molecule has 0 saturated heterocycles. The second-order valence-corrected chi connectivity index (χ2v) is 9.46. The molecule has 1 aromatic rings. The molecule has 0 saturated carbocycles. The lowest BCUT2D eigenvalue weighted by Crippen LogP contribution is -2.43. The van der Waals surface area contributed by atoms with Crippen LogP contribution in [0.25, 0.3) is 0 Å². The zero-order valence-electron chi connectivity index (χ0n) is 9.07. The van der Waals surface area contributed by atoms with E-state index in [-0.39, 0.29) is 5.19 Å². The fourth-order valence-electron chi connectivity index (χ4n) is 1.47. The first-order chi connectivity index (χ1) is 7.16. The Morgan fingerprint density at radius 1 is 1.19 bits per heavy atom. The van der Waals surface area contributed by atoms with Gasteiger partial charge in [-0.1, -0.05) is 19.6 Å². The predicted octanol–water partition coefficient (Wildman–Crippen LogP) is 2.35. The summed E-state index contributed by atoms with van der Waals surface area (Å²) in [5.74, 6) is -5.41. The van der Waals surface area contributed by atoms with Crippen LogP contribution < -0.4 is 5.19 Å². The topological polar surface area (TPSA) is 37.3 Å².